The molecule has 0 saturated heterocycles. The van der Waals surface area contributed by atoms with Crippen LogP contribution in [0.1, 0.15) is 35.4 Å². The van der Waals surface area contributed by atoms with Crippen molar-refractivity contribution < 1.29 is 13.7 Å². The molecular formula is C17H19FN2O2. The van der Waals surface area contributed by atoms with Crippen molar-refractivity contribution >= 4 is 5.91 Å². The molecule has 1 fully saturated rings. The Morgan fingerprint density at radius 1 is 1.32 bits per heavy atom. The van der Waals surface area contributed by atoms with E-state index in [0.29, 0.717) is 6.54 Å². The Balaban J connectivity index is 1.80. The van der Waals surface area contributed by atoms with Crippen LogP contribution < -0.4 is 0 Å². The lowest BCUT2D eigenvalue weighted by Crippen LogP contribution is -2.36. The minimum absolute atomic E-state index is 0.0686. The van der Waals surface area contributed by atoms with Crippen LogP contribution in [0, 0.1) is 19.7 Å². The van der Waals surface area contributed by atoms with Gasteiger partial charge in [0.1, 0.15) is 11.6 Å². The standard InChI is InChI=1S/C17H19FN2O2/c1-11-15(12(2)22-19-11)10-20(3)16(21)17(8-9-17)13-4-6-14(18)7-5-13/h4-7H,8-10H2,1-3H3. The molecule has 0 unspecified atom stereocenters. The summed E-state index contributed by atoms with van der Waals surface area (Å²) < 4.78 is 18.2. The van der Waals surface area contributed by atoms with Gasteiger partial charge < -0.3 is 9.42 Å². The smallest absolute Gasteiger partial charge is 0.233 e. The quantitative estimate of drug-likeness (QED) is 0.871. The van der Waals surface area contributed by atoms with Crippen molar-refractivity contribution in [2.24, 2.45) is 0 Å². The van der Waals surface area contributed by atoms with E-state index in [1.54, 1.807) is 24.1 Å². The first-order chi connectivity index (χ1) is 10.4. The maximum absolute atomic E-state index is 13.1. The Bertz CT molecular complexity index is 682. The molecule has 4 nitrogen and oxygen atoms in total. The van der Waals surface area contributed by atoms with Gasteiger partial charge in [-0.25, -0.2) is 4.39 Å². The van der Waals surface area contributed by atoms with Crippen LogP contribution in [-0.2, 0) is 16.8 Å². The largest absolute Gasteiger partial charge is 0.361 e. The molecule has 0 radical (unpaired) electrons. The molecule has 22 heavy (non-hydrogen) atoms. The van der Waals surface area contributed by atoms with E-state index in [2.05, 4.69) is 5.16 Å². The summed E-state index contributed by atoms with van der Waals surface area (Å²) in [5.74, 6) is 0.527. The first kappa shape index (κ1) is 14.8. The van der Waals surface area contributed by atoms with Gasteiger partial charge >= 0.3 is 0 Å². The average molecular weight is 302 g/mol. The maximum atomic E-state index is 13.1. The second kappa shape index (κ2) is 5.23. The Morgan fingerprint density at radius 2 is 1.95 bits per heavy atom. The van der Waals surface area contributed by atoms with Crippen LogP contribution in [-0.4, -0.2) is 23.0 Å². The minimum atomic E-state index is -0.485. The monoisotopic (exact) mass is 302 g/mol. The van der Waals surface area contributed by atoms with E-state index < -0.39 is 5.41 Å². The van der Waals surface area contributed by atoms with Crippen molar-refractivity contribution in [3.63, 3.8) is 0 Å². The van der Waals surface area contributed by atoms with Gasteiger partial charge in [0.25, 0.3) is 0 Å². The topological polar surface area (TPSA) is 46.3 Å². The van der Waals surface area contributed by atoms with Crippen molar-refractivity contribution in [3.05, 3.63) is 52.7 Å². The van der Waals surface area contributed by atoms with Crippen LogP contribution in [0.3, 0.4) is 0 Å². The van der Waals surface area contributed by atoms with E-state index in [1.165, 1.54) is 12.1 Å². The lowest BCUT2D eigenvalue weighted by molar-refractivity contribution is -0.133. The molecule has 0 bridgehead atoms. The van der Waals surface area contributed by atoms with Crippen molar-refractivity contribution in [3.8, 4) is 0 Å². The molecule has 116 valence electrons. The minimum Gasteiger partial charge on any atom is -0.361 e. The van der Waals surface area contributed by atoms with E-state index in [0.717, 1.165) is 35.4 Å². The molecule has 0 spiro atoms. The van der Waals surface area contributed by atoms with Gasteiger partial charge in [-0.1, -0.05) is 17.3 Å². The highest BCUT2D eigenvalue weighted by Crippen LogP contribution is 2.49. The molecule has 1 aliphatic rings. The van der Waals surface area contributed by atoms with Gasteiger partial charge in [-0.3, -0.25) is 4.79 Å². The normalized spacial score (nSPS) is 15.6. The van der Waals surface area contributed by atoms with Crippen molar-refractivity contribution in [1.29, 1.82) is 0 Å². The Kier molecular flexibility index (Phi) is 3.51. The van der Waals surface area contributed by atoms with Gasteiger partial charge in [-0.05, 0) is 44.4 Å². The number of halogens is 1. The van der Waals surface area contributed by atoms with Crippen LogP contribution in [0.4, 0.5) is 4.39 Å². The summed E-state index contributed by atoms with van der Waals surface area (Å²) in [5, 5.41) is 3.92. The molecule has 5 heteroatoms. The van der Waals surface area contributed by atoms with Crippen LogP contribution >= 0.6 is 0 Å². The zero-order valence-corrected chi connectivity index (χ0v) is 13.0. The molecule has 1 aromatic heterocycles. The summed E-state index contributed by atoms with van der Waals surface area (Å²) >= 11 is 0. The van der Waals surface area contributed by atoms with E-state index >= 15 is 0 Å². The summed E-state index contributed by atoms with van der Waals surface area (Å²) in [6.07, 6.45) is 1.62. The fraction of sp³-hybridized carbons (Fsp3) is 0.412. The van der Waals surface area contributed by atoms with Gasteiger partial charge in [0.05, 0.1) is 17.7 Å². The lowest BCUT2D eigenvalue weighted by Gasteiger charge is -2.24. The Labute approximate surface area is 128 Å². The maximum Gasteiger partial charge on any atom is 0.233 e. The van der Waals surface area contributed by atoms with Crippen molar-refractivity contribution in [2.75, 3.05) is 7.05 Å². The zero-order chi connectivity index (χ0) is 15.9. The predicted molar refractivity (Wildman–Crippen MR) is 79.8 cm³/mol. The Hall–Kier alpha value is -2.17. The fourth-order valence-electron chi connectivity index (χ4n) is 2.92. The molecule has 0 aliphatic heterocycles. The predicted octanol–water partition coefficient (Wildman–Crippen LogP) is 3.12. The van der Waals surface area contributed by atoms with Gasteiger partial charge in [-0.2, -0.15) is 0 Å². The van der Waals surface area contributed by atoms with Gasteiger partial charge in [0.2, 0.25) is 5.91 Å². The molecule has 0 atom stereocenters. The number of amides is 1. The SMILES string of the molecule is Cc1noc(C)c1CN(C)C(=O)C1(c2ccc(F)cc2)CC1. The summed E-state index contributed by atoms with van der Waals surface area (Å²) in [4.78, 5) is 14.6. The third-order valence-corrected chi connectivity index (χ3v) is 4.48. The molecular weight excluding hydrogens is 283 g/mol. The first-order valence-electron chi connectivity index (χ1n) is 7.37. The first-order valence-corrected chi connectivity index (χ1v) is 7.37. The van der Waals surface area contributed by atoms with Crippen LogP contribution in [0.25, 0.3) is 0 Å². The number of hydrogen-bond acceptors (Lipinski definition) is 3. The molecule has 1 aromatic carbocycles. The highest BCUT2D eigenvalue weighted by Gasteiger charge is 2.52. The van der Waals surface area contributed by atoms with Crippen LogP contribution in [0.15, 0.2) is 28.8 Å². The molecule has 0 N–H and O–H groups in total. The number of carbonyl (C=O) groups is 1. The van der Waals surface area contributed by atoms with Gasteiger partial charge in [0.15, 0.2) is 0 Å². The van der Waals surface area contributed by atoms with Crippen LogP contribution in [0.2, 0.25) is 0 Å². The number of nitrogens with zero attached hydrogens (tertiary/aromatic N) is 2. The van der Waals surface area contributed by atoms with Gasteiger partial charge in [0, 0.05) is 12.6 Å². The average Bonchev–Trinajstić information content (AvgIpc) is 3.25. The number of carbonyl (C=O) groups excluding carboxylic acids is 1. The molecule has 1 aliphatic carbocycles. The van der Waals surface area contributed by atoms with Crippen molar-refractivity contribution in [2.45, 2.75) is 38.6 Å². The number of hydrogen-bond donors (Lipinski definition) is 0. The fourth-order valence-corrected chi connectivity index (χ4v) is 2.92. The third-order valence-electron chi connectivity index (χ3n) is 4.48. The lowest BCUT2D eigenvalue weighted by atomic mass is 9.94. The van der Waals surface area contributed by atoms with E-state index in [1.807, 2.05) is 13.8 Å². The summed E-state index contributed by atoms with van der Waals surface area (Å²) in [5.41, 5.74) is 2.17. The molecule has 2 aromatic rings. The third kappa shape index (κ3) is 2.40. The number of benzene rings is 1. The molecule has 3 rings (SSSR count). The number of likely N-dealkylation sites (N-methyl/N-ethyl adjacent to an activating group) is 1. The summed E-state index contributed by atoms with van der Waals surface area (Å²) in [7, 11) is 1.79. The van der Waals surface area contributed by atoms with Gasteiger partial charge in [-0.15, -0.1) is 0 Å². The highest BCUT2D eigenvalue weighted by molar-refractivity contribution is 5.91. The molecule has 1 heterocycles. The number of aryl methyl sites for hydroxylation is 2. The van der Waals surface area contributed by atoms with E-state index in [-0.39, 0.29) is 11.7 Å². The number of aromatic nitrogens is 1. The van der Waals surface area contributed by atoms with E-state index in [9.17, 15) is 9.18 Å². The Morgan fingerprint density at radius 3 is 2.45 bits per heavy atom. The van der Waals surface area contributed by atoms with E-state index in [4.69, 9.17) is 4.52 Å². The summed E-state index contributed by atoms with van der Waals surface area (Å²) in [6, 6.07) is 6.25. The second-order valence-corrected chi connectivity index (χ2v) is 6.05. The zero-order valence-electron chi connectivity index (χ0n) is 13.0. The summed E-state index contributed by atoms with van der Waals surface area (Å²) in [6.45, 7) is 4.19. The molecule has 1 amide bonds. The van der Waals surface area contributed by atoms with Crippen LogP contribution in [0.5, 0.6) is 0 Å². The highest BCUT2D eigenvalue weighted by atomic mass is 19.1. The molecule has 1 saturated carbocycles. The number of rotatable bonds is 4. The second-order valence-electron chi connectivity index (χ2n) is 6.05. The van der Waals surface area contributed by atoms with Crippen molar-refractivity contribution in [1.82, 2.24) is 10.1 Å².